The predicted molar refractivity (Wildman–Crippen MR) is 242 cm³/mol. The van der Waals surface area contributed by atoms with Gasteiger partial charge in [-0.15, -0.1) is 0 Å². The van der Waals surface area contributed by atoms with E-state index in [1.165, 1.54) is 54.5 Å². The molecule has 0 atom stereocenters. The molecule has 12 aromatic rings. The van der Waals surface area contributed by atoms with Crippen molar-refractivity contribution >= 4 is 65.4 Å². The van der Waals surface area contributed by atoms with Crippen LogP contribution in [0.5, 0.6) is 0 Å². The van der Waals surface area contributed by atoms with Crippen LogP contribution in [0.4, 0.5) is 0 Å². The van der Waals surface area contributed by atoms with Crippen molar-refractivity contribution in [3.05, 3.63) is 206 Å². The first kappa shape index (κ1) is 32.4. The highest BCUT2D eigenvalue weighted by molar-refractivity contribution is 6.22. The van der Waals surface area contributed by atoms with Gasteiger partial charge in [0, 0.05) is 32.8 Å². The van der Waals surface area contributed by atoms with Crippen molar-refractivity contribution < 1.29 is 0 Å². The number of rotatable bonds is 5. The molecule has 0 aliphatic carbocycles. The Morgan fingerprint density at radius 3 is 1.64 bits per heavy atom. The van der Waals surface area contributed by atoms with Gasteiger partial charge in [-0.3, -0.25) is 4.57 Å². The molecule has 0 saturated carbocycles. The molecule has 0 amide bonds. The highest BCUT2D eigenvalue weighted by atomic mass is 15.1. The quantitative estimate of drug-likeness (QED) is 0.176. The summed E-state index contributed by atoms with van der Waals surface area (Å²) in [6.07, 6.45) is 0. The number of benzene rings is 9. The molecule has 0 spiro atoms. The largest absolute Gasteiger partial charge is 0.309 e. The zero-order chi connectivity index (χ0) is 38.2. The van der Waals surface area contributed by atoms with Gasteiger partial charge in [-0.05, 0) is 93.7 Å². The lowest BCUT2D eigenvalue weighted by Crippen LogP contribution is -2.03. The van der Waals surface area contributed by atoms with Crippen LogP contribution in [-0.2, 0) is 0 Å². The van der Waals surface area contributed by atoms with E-state index < -0.39 is 0 Å². The molecule has 58 heavy (non-hydrogen) atoms. The Labute approximate surface area is 334 Å². The maximum absolute atomic E-state index is 5.39. The zero-order valence-corrected chi connectivity index (χ0v) is 31.4. The number of nitrogens with zero attached hydrogens (tertiary/aromatic N) is 4. The van der Waals surface area contributed by atoms with Gasteiger partial charge in [-0.2, -0.15) is 0 Å². The normalized spacial score (nSPS) is 11.8. The third-order valence-corrected chi connectivity index (χ3v) is 11.7. The maximum Gasteiger partial charge on any atom is 0.165 e. The van der Waals surface area contributed by atoms with Gasteiger partial charge in [-0.1, -0.05) is 146 Å². The van der Waals surface area contributed by atoms with Crippen LogP contribution in [0.2, 0.25) is 0 Å². The topological polar surface area (TPSA) is 35.6 Å². The smallest absolute Gasteiger partial charge is 0.165 e. The minimum atomic E-state index is 0.810. The third-order valence-electron chi connectivity index (χ3n) is 11.7. The molecule has 9 aromatic carbocycles. The third kappa shape index (κ3) is 5.02. The first-order valence-electron chi connectivity index (χ1n) is 19.7. The van der Waals surface area contributed by atoms with E-state index in [4.69, 9.17) is 9.97 Å². The van der Waals surface area contributed by atoms with E-state index in [0.717, 1.165) is 56.0 Å². The second-order valence-corrected chi connectivity index (χ2v) is 15.0. The van der Waals surface area contributed by atoms with E-state index >= 15 is 0 Å². The average Bonchev–Trinajstić information content (AvgIpc) is 3.81. The second-order valence-electron chi connectivity index (χ2n) is 15.0. The van der Waals surface area contributed by atoms with Crippen LogP contribution in [0.25, 0.3) is 110 Å². The molecular formula is C54H34N4. The minimum Gasteiger partial charge on any atom is -0.309 e. The summed E-state index contributed by atoms with van der Waals surface area (Å²) in [7, 11) is 0. The molecule has 4 nitrogen and oxygen atoms in total. The van der Waals surface area contributed by atoms with Gasteiger partial charge in [0.1, 0.15) is 5.69 Å². The Morgan fingerprint density at radius 1 is 0.310 bits per heavy atom. The van der Waals surface area contributed by atoms with Crippen LogP contribution in [0, 0.1) is 0 Å². The summed E-state index contributed by atoms with van der Waals surface area (Å²) >= 11 is 0. The Hall–Kier alpha value is -7.82. The summed E-state index contributed by atoms with van der Waals surface area (Å²) in [4.78, 5) is 10.7. The van der Waals surface area contributed by atoms with Crippen LogP contribution < -0.4 is 0 Å². The Bertz CT molecular complexity index is 3550. The summed E-state index contributed by atoms with van der Waals surface area (Å²) < 4.78 is 4.72. The molecule has 4 heteroatoms. The minimum absolute atomic E-state index is 0.810. The van der Waals surface area contributed by atoms with Crippen LogP contribution in [0.15, 0.2) is 206 Å². The Kier molecular flexibility index (Phi) is 7.20. The monoisotopic (exact) mass is 738 g/mol. The molecule has 0 N–H and O–H groups in total. The van der Waals surface area contributed by atoms with Gasteiger partial charge < -0.3 is 4.57 Å². The molecule has 3 heterocycles. The van der Waals surface area contributed by atoms with Crippen molar-refractivity contribution in [3.63, 3.8) is 0 Å². The maximum atomic E-state index is 5.39. The summed E-state index contributed by atoms with van der Waals surface area (Å²) in [5.74, 6) is 0.810. The molecule has 12 rings (SSSR count). The Morgan fingerprint density at radius 2 is 0.879 bits per heavy atom. The van der Waals surface area contributed by atoms with Crippen LogP contribution in [0.3, 0.4) is 0 Å². The first-order valence-corrected chi connectivity index (χ1v) is 19.7. The van der Waals surface area contributed by atoms with E-state index in [2.05, 4.69) is 191 Å². The van der Waals surface area contributed by atoms with E-state index in [1.807, 2.05) is 24.3 Å². The molecule has 0 aliphatic heterocycles. The zero-order valence-electron chi connectivity index (χ0n) is 31.4. The molecule has 0 bridgehead atoms. The molecule has 270 valence electrons. The van der Waals surface area contributed by atoms with E-state index in [0.29, 0.717) is 0 Å². The first-order chi connectivity index (χ1) is 28.8. The molecular weight excluding hydrogens is 705 g/mol. The fraction of sp³-hybridized carbons (Fsp3) is 0. The predicted octanol–water partition coefficient (Wildman–Crippen LogP) is 14.0. The molecule has 0 fully saturated rings. The van der Waals surface area contributed by atoms with Gasteiger partial charge in [0.2, 0.25) is 0 Å². The SMILES string of the molecule is c1ccc(-c2ccc3c4cc(-c5ccc6c(c5)c5c7ccccc7ccc5n6-c5ccccc5)ccc4n(-c4nc5ccccc5nc4-c4ccccc4)c3c2)cc1. The van der Waals surface area contributed by atoms with Crippen molar-refractivity contribution in [2.24, 2.45) is 0 Å². The molecule has 0 aliphatic rings. The van der Waals surface area contributed by atoms with Crippen LogP contribution >= 0.6 is 0 Å². The number of fused-ring (bicyclic) bond motifs is 9. The number of para-hydroxylation sites is 3. The van der Waals surface area contributed by atoms with Crippen LogP contribution in [0.1, 0.15) is 0 Å². The van der Waals surface area contributed by atoms with Gasteiger partial charge in [0.15, 0.2) is 5.82 Å². The van der Waals surface area contributed by atoms with E-state index in [-0.39, 0.29) is 0 Å². The Balaban J connectivity index is 1.13. The van der Waals surface area contributed by atoms with Gasteiger partial charge in [-0.25, -0.2) is 9.97 Å². The number of hydrogen-bond donors (Lipinski definition) is 0. The van der Waals surface area contributed by atoms with Gasteiger partial charge >= 0.3 is 0 Å². The molecule has 0 unspecified atom stereocenters. The van der Waals surface area contributed by atoms with Crippen molar-refractivity contribution in [2.45, 2.75) is 0 Å². The second kappa shape index (κ2) is 12.9. The van der Waals surface area contributed by atoms with E-state index in [1.54, 1.807) is 0 Å². The lowest BCUT2D eigenvalue weighted by Gasteiger charge is -2.14. The molecule has 0 radical (unpaired) electrons. The lowest BCUT2D eigenvalue weighted by atomic mass is 9.98. The van der Waals surface area contributed by atoms with Gasteiger partial charge in [0.25, 0.3) is 0 Å². The number of aromatic nitrogens is 4. The summed E-state index contributed by atoms with van der Waals surface area (Å²) in [5, 5.41) is 7.34. The van der Waals surface area contributed by atoms with Crippen LogP contribution in [-0.4, -0.2) is 19.1 Å². The van der Waals surface area contributed by atoms with Crippen molar-refractivity contribution in [1.29, 1.82) is 0 Å². The van der Waals surface area contributed by atoms with Crippen molar-refractivity contribution in [2.75, 3.05) is 0 Å². The standard InChI is InChI=1S/C54H34N4/c1-4-14-35(15-5-1)40-24-28-43-44-32-38(26-29-48(44)58(51(43)34-40)54-53(37-17-6-2-7-18-37)55-46-22-12-13-23-47(46)56-54)39-27-30-49-45(33-39)52-42-21-11-10-16-36(42)25-31-50(52)57(49)41-19-8-3-9-20-41/h1-34H. The summed E-state index contributed by atoms with van der Waals surface area (Å²) in [6, 6.07) is 73.8. The van der Waals surface area contributed by atoms with E-state index in [9.17, 15) is 0 Å². The lowest BCUT2D eigenvalue weighted by molar-refractivity contribution is 1.08. The van der Waals surface area contributed by atoms with Gasteiger partial charge in [0.05, 0.1) is 33.1 Å². The fourth-order valence-electron chi connectivity index (χ4n) is 9.00. The summed E-state index contributed by atoms with van der Waals surface area (Å²) in [5.41, 5.74) is 14.0. The number of hydrogen-bond acceptors (Lipinski definition) is 2. The highest BCUT2D eigenvalue weighted by Crippen LogP contribution is 2.42. The molecule has 3 aromatic heterocycles. The highest BCUT2D eigenvalue weighted by Gasteiger charge is 2.21. The molecule has 0 saturated heterocycles. The average molecular weight is 739 g/mol. The summed E-state index contributed by atoms with van der Waals surface area (Å²) in [6.45, 7) is 0. The fourth-order valence-corrected chi connectivity index (χ4v) is 9.00. The van der Waals surface area contributed by atoms with Crippen molar-refractivity contribution in [3.8, 4) is 45.0 Å². The van der Waals surface area contributed by atoms with Crippen molar-refractivity contribution in [1.82, 2.24) is 19.1 Å².